The van der Waals surface area contributed by atoms with Crippen LogP contribution in [0.1, 0.15) is 30.1 Å². The van der Waals surface area contributed by atoms with Crippen molar-refractivity contribution in [1.29, 1.82) is 0 Å². The molecule has 2 aromatic rings. The zero-order chi connectivity index (χ0) is 20.9. The third kappa shape index (κ3) is 8.47. The van der Waals surface area contributed by atoms with Crippen LogP contribution in [-0.2, 0) is 14.3 Å². The average molecular weight is 399 g/mol. The molecule has 2 aromatic carbocycles. The minimum absolute atomic E-state index is 0.0421. The first-order valence-electron chi connectivity index (χ1n) is 9.44. The van der Waals surface area contributed by atoms with Gasteiger partial charge in [0.2, 0.25) is 0 Å². The fourth-order valence-corrected chi connectivity index (χ4v) is 2.41. The molecule has 0 heterocycles. The van der Waals surface area contributed by atoms with Gasteiger partial charge >= 0.3 is 5.97 Å². The van der Waals surface area contributed by atoms with Crippen LogP contribution >= 0.6 is 0 Å². The Morgan fingerprint density at radius 1 is 0.862 bits per heavy atom. The minimum atomic E-state index is -0.588. The third-order valence-electron chi connectivity index (χ3n) is 3.84. The fourth-order valence-electron chi connectivity index (χ4n) is 2.41. The highest BCUT2D eigenvalue weighted by atomic mass is 16.5. The molecule has 0 atom stereocenters. The lowest BCUT2D eigenvalue weighted by Crippen LogP contribution is -2.32. The summed E-state index contributed by atoms with van der Waals surface area (Å²) < 4.78 is 15.7. The fraction of sp³-hybridized carbons (Fsp3) is 0.318. The van der Waals surface area contributed by atoms with Crippen molar-refractivity contribution in [2.24, 2.45) is 0 Å². The monoisotopic (exact) mass is 399 g/mol. The maximum Gasteiger partial charge on any atom is 0.306 e. The zero-order valence-corrected chi connectivity index (χ0v) is 16.4. The van der Waals surface area contributed by atoms with Crippen molar-refractivity contribution >= 4 is 17.7 Å². The number of hydrogen-bond donors (Lipinski definition) is 1. The Morgan fingerprint density at radius 2 is 1.52 bits per heavy atom. The Bertz CT molecular complexity index is 789. The van der Waals surface area contributed by atoms with E-state index < -0.39 is 11.9 Å². The predicted octanol–water partition coefficient (Wildman–Crippen LogP) is 2.79. The first-order chi connectivity index (χ1) is 14.1. The summed E-state index contributed by atoms with van der Waals surface area (Å²) in [6.45, 7) is 2.67. The van der Waals surface area contributed by atoms with Crippen molar-refractivity contribution in [2.75, 3.05) is 26.4 Å². The van der Waals surface area contributed by atoms with E-state index in [1.165, 1.54) is 0 Å². The highest BCUT2D eigenvalue weighted by molar-refractivity contribution is 5.97. The lowest BCUT2D eigenvalue weighted by Gasteiger charge is -2.09. The first-order valence-corrected chi connectivity index (χ1v) is 9.44. The molecular weight excluding hydrogens is 374 g/mol. The number of Topliss-reactive ketones (excluding diaryl/α,β-unsaturated/α-hetero) is 1. The lowest BCUT2D eigenvalue weighted by molar-refractivity contribution is -0.148. The highest BCUT2D eigenvalue weighted by Crippen LogP contribution is 2.17. The maximum absolute atomic E-state index is 11.9. The summed E-state index contributed by atoms with van der Waals surface area (Å²) in [5, 5.41) is 2.60. The van der Waals surface area contributed by atoms with Gasteiger partial charge in [0.15, 0.2) is 12.4 Å². The lowest BCUT2D eigenvalue weighted by atomic mass is 10.1. The van der Waals surface area contributed by atoms with E-state index in [-0.39, 0.29) is 38.4 Å². The molecule has 154 valence electrons. The van der Waals surface area contributed by atoms with Gasteiger partial charge in [-0.05, 0) is 31.2 Å². The topological polar surface area (TPSA) is 90.9 Å². The van der Waals surface area contributed by atoms with E-state index in [0.717, 1.165) is 5.75 Å². The zero-order valence-electron chi connectivity index (χ0n) is 16.4. The Labute approximate surface area is 170 Å². The quantitative estimate of drug-likeness (QED) is 0.335. The number of carbonyl (C=O) groups is 3. The van der Waals surface area contributed by atoms with Crippen LogP contribution in [0.5, 0.6) is 11.5 Å². The Hall–Kier alpha value is -3.35. The average Bonchev–Trinajstić information content (AvgIpc) is 2.75. The molecule has 0 aromatic heterocycles. The third-order valence-corrected chi connectivity index (χ3v) is 3.84. The second kappa shape index (κ2) is 12.2. The molecule has 0 saturated heterocycles. The molecule has 0 aliphatic rings. The number of nitrogens with one attached hydrogen (secondary N) is 1. The number of benzene rings is 2. The number of esters is 1. The second-order valence-electron chi connectivity index (χ2n) is 6.05. The van der Waals surface area contributed by atoms with Crippen LogP contribution in [-0.4, -0.2) is 44.0 Å². The van der Waals surface area contributed by atoms with E-state index in [0.29, 0.717) is 17.9 Å². The summed E-state index contributed by atoms with van der Waals surface area (Å²) in [5.41, 5.74) is 0.547. The largest absolute Gasteiger partial charge is 0.494 e. The highest BCUT2D eigenvalue weighted by Gasteiger charge is 2.11. The van der Waals surface area contributed by atoms with Gasteiger partial charge < -0.3 is 19.5 Å². The SMILES string of the molecule is CCOc1ccc(OCCNC(=O)COC(=O)CCC(=O)c2ccccc2)cc1. The van der Waals surface area contributed by atoms with Gasteiger partial charge in [-0.3, -0.25) is 14.4 Å². The number of ether oxygens (including phenoxy) is 3. The molecule has 0 aliphatic heterocycles. The summed E-state index contributed by atoms with van der Waals surface area (Å²) in [6, 6.07) is 15.9. The van der Waals surface area contributed by atoms with Crippen LogP contribution in [0.4, 0.5) is 0 Å². The van der Waals surface area contributed by atoms with Crippen molar-refractivity contribution in [3.63, 3.8) is 0 Å². The molecule has 2 rings (SSSR count). The van der Waals surface area contributed by atoms with Crippen molar-refractivity contribution in [1.82, 2.24) is 5.32 Å². The van der Waals surface area contributed by atoms with Gasteiger partial charge in [0.05, 0.1) is 19.6 Å². The molecule has 0 bridgehead atoms. The van der Waals surface area contributed by atoms with Gasteiger partial charge in [-0.2, -0.15) is 0 Å². The van der Waals surface area contributed by atoms with E-state index in [4.69, 9.17) is 14.2 Å². The molecule has 7 heteroatoms. The van der Waals surface area contributed by atoms with E-state index in [9.17, 15) is 14.4 Å². The minimum Gasteiger partial charge on any atom is -0.494 e. The van der Waals surface area contributed by atoms with Gasteiger partial charge in [0, 0.05) is 12.0 Å². The standard InChI is InChI=1S/C22H25NO6/c1-2-27-18-8-10-19(11-9-18)28-15-14-23-21(25)16-29-22(26)13-12-20(24)17-6-4-3-5-7-17/h3-11H,2,12-16H2,1H3,(H,23,25). The van der Waals surface area contributed by atoms with Crippen LogP contribution in [0.25, 0.3) is 0 Å². The van der Waals surface area contributed by atoms with Crippen LogP contribution in [0, 0.1) is 0 Å². The molecule has 0 radical (unpaired) electrons. The number of ketones is 1. The summed E-state index contributed by atoms with van der Waals surface area (Å²) in [7, 11) is 0. The summed E-state index contributed by atoms with van der Waals surface area (Å²) in [5.74, 6) is 0.272. The van der Waals surface area contributed by atoms with Crippen molar-refractivity contribution in [3.8, 4) is 11.5 Å². The number of hydrogen-bond acceptors (Lipinski definition) is 6. The van der Waals surface area contributed by atoms with Gasteiger partial charge in [-0.15, -0.1) is 0 Å². The van der Waals surface area contributed by atoms with Crippen LogP contribution in [0.15, 0.2) is 54.6 Å². The van der Waals surface area contributed by atoms with Crippen LogP contribution < -0.4 is 14.8 Å². The molecule has 7 nitrogen and oxygen atoms in total. The van der Waals surface area contributed by atoms with Gasteiger partial charge in [-0.1, -0.05) is 30.3 Å². The van der Waals surface area contributed by atoms with E-state index in [1.807, 2.05) is 13.0 Å². The molecule has 1 N–H and O–H groups in total. The Kier molecular flexibility index (Phi) is 9.21. The molecular formula is C22H25NO6. The van der Waals surface area contributed by atoms with Crippen LogP contribution in [0.3, 0.4) is 0 Å². The predicted molar refractivity (Wildman–Crippen MR) is 107 cm³/mol. The van der Waals surface area contributed by atoms with E-state index >= 15 is 0 Å². The van der Waals surface area contributed by atoms with Crippen molar-refractivity contribution in [3.05, 3.63) is 60.2 Å². The summed E-state index contributed by atoms with van der Waals surface area (Å²) in [6.07, 6.45) is -0.0255. The number of rotatable bonds is 12. The van der Waals surface area contributed by atoms with Gasteiger partial charge in [0.1, 0.15) is 18.1 Å². The van der Waals surface area contributed by atoms with Gasteiger partial charge in [0.25, 0.3) is 5.91 Å². The van der Waals surface area contributed by atoms with E-state index in [1.54, 1.807) is 48.5 Å². The first kappa shape index (κ1) is 21.9. The number of carbonyl (C=O) groups excluding carboxylic acids is 3. The molecule has 1 amide bonds. The Balaban J connectivity index is 1.55. The van der Waals surface area contributed by atoms with Gasteiger partial charge in [-0.25, -0.2) is 0 Å². The summed E-state index contributed by atoms with van der Waals surface area (Å²) in [4.78, 5) is 35.3. The molecule has 0 saturated carbocycles. The maximum atomic E-state index is 11.9. The summed E-state index contributed by atoms with van der Waals surface area (Å²) >= 11 is 0. The number of amides is 1. The van der Waals surface area contributed by atoms with Crippen LogP contribution in [0.2, 0.25) is 0 Å². The molecule has 29 heavy (non-hydrogen) atoms. The molecule has 0 aliphatic carbocycles. The smallest absolute Gasteiger partial charge is 0.306 e. The second-order valence-corrected chi connectivity index (χ2v) is 6.05. The van der Waals surface area contributed by atoms with E-state index in [2.05, 4.69) is 5.32 Å². The van der Waals surface area contributed by atoms with Crippen molar-refractivity contribution in [2.45, 2.75) is 19.8 Å². The molecule has 0 fully saturated rings. The Morgan fingerprint density at radius 3 is 2.17 bits per heavy atom. The normalized spacial score (nSPS) is 10.1. The molecule has 0 unspecified atom stereocenters. The van der Waals surface area contributed by atoms with Crippen molar-refractivity contribution < 1.29 is 28.6 Å². The molecule has 0 spiro atoms.